The summed E-state index contributed by atoms with van der Waals surface area (Å²) in [6, 6.07) is 6.43. The average molecular weight is 687 g/mol. The molecule has 2 aliphatic heterocycles. The van der Waals surface area contributed by atoms with Crippen molar-refractivity contribution >= 4 is 23.3 Å². The molecule has 274 valence electrons. The molecule has 2 N–H and O–H groups in total. The zero-order valence-electron chi connectivity index (χ0n) is 29.5. The SMILES string of the molecule is C[C@H]1CC[C@H](N2CCN(CCOCCOCCOCCOCCOCCNc3cccc4c3CC(C3CCC(=O)NC3=O)C4=O)CC2)CC1. The van der Waals surface area contributed by atoms with E-state index in [2.05, 4.69) is 27.4 Å². The Morgan fingerprint density at radius 3 is 1.98 bits per heavy atom. The van der Waals surface area contributed by atoms with Gasteiger partial charge in [-0.15, -0.1) is 0 Å². The number of nitrogens with zero attached hydrogens (tertiary/aromatic N) is 2. The number of carbonyl (C=O) groups is 3. The number of Topliss-reactive ketones (excluding diaryl/α,β-unsaturated/α-hetero) is 1. The zero-order chi connectivity index (χ0) is 34.3. The summed E-state index contributed by atoms with van der Waals surface area (Å²) in [5, 5.41) is 5.75. The highest BCUT2D eigenvalue weighted by molar-refractivity contribution is 6.08. The van der Waals surface area contributed by atoms with Gasteiger partial charge < -0.3 is 29.0 Å². The van der Waals surface area contributed by atoms with Crippen molar-refractivity contribution in [3.8, 4) is 0 Å². The third kappa shape index (κ3) is 11.8. The minimum atomic E-state index is -0.459. The molecule has 1 aromatic rings. The largest absolute Gasteiger partial charge is 0.382 e. The molecule has 2 heterocycles. The van der Waals surface area contributed by atoms with Crippen LogP contribution >= 0.6 is 0 Å². The van der Waals surface area contributed by atoms with Gasteiger partial charge in [-0.05, 0) is 56.1 Å². The molecule has 2 aliphatic carbocycles. The fraction of sp³-hybridized carbons (Fsp3) is 0.757. The third-order valence-corrected chi connectivity index (χ3v) is 10.5. The highest BCUT2D eigenvalue weighted by atomic mass is 16.6. The van der Waals surface area contributed by atoms with Crippen molar-refractivity contribution in [1.82, 2.24) is 15.1 Å². The minimum absolute atomic E-state index is 0.0165. The van der Waals surface area contributed by atoms with Crippen molar-refractivity contribution in [2.45, 2.75) is 57.9 Å². The first kappa shape index (κ1) is 37.8. The minimum Gasteiger partial charge on any atom is -0.382 e. The highest BCUT2D eigenvalue weighted by Crippen LogP contribution is 2.38. The van der Waals surface area contributed by atoms with E-state index in [1.165, 1.54) is 38.8 Å². The first-order chi connectivity index (χ1) is 24.0. The number of ether oxygens (including phenoxy) is 5. The number of benzene rings is 1. The van der Waals surface area contributed by atoms with Crippen molar-refractivity contribution in [1.29, 1.82) is 0 Å². The normalized spacial score (nSPS) is 25.0. The highest BCUT2D eigenvalue weighted by Gasteiger charge is 2.42. The molecule has 0 aromatic heterocycles. The van der Waals surface area contributed by atoms with E-state index < -0.39 is 11.8 Å². The maximum absolute atomic E-state index is 13.0. The van der Waals surface area contributed by atoms with E-state index in [-0.39, 0.29) is 24.0 Å². The summed E-state index contributed by atoms with van der Waals surface area (Å²) in [4.78, 5) is 42.2. The second-order valence-electron chi connectivity index (χ2n) is 13.8. The molecule has 0 bridgehead atoms. The monoisotopic (exact) mass is 686 g/mol. The molecule has 49 heavy (non-hydrogen) atoms. The molecule has 2 amide bonds. The lowest BCUT2D eigenvalue weighted by atomic mass is 9.83. The number of amides is 2. The summed E-state index contributed by atoms with van der Waals surface area (Å²) < 4.78 is 28.3. The molecule has 12 heteroatoms. The fourth-order valence-electron chi connectivity index (χ4n) is 7.53. The molecule has 4 aliphatic rings. The van der Waals surface area contributed by atoms with Crippen molar-refractivity contribution in [3.05, 3.63) is 29.3 Å². The lowest BCUT2D eigenvalue weighted by Crippen LogP contribution is -2.51. The molecule has 3 fully saturated rings. The molecule has 5 rings (SSSR count). The van der Waals surface area contributed by atoms with Gasteiger partial charge in [0.05, 0.1) is 66.1 Å². The second kappa shape index (κ2) is 20.4. The van der Waals surface area contributed by atoms with Gasteiger partial charge in [-0.1, -0.05) is 19.1 Å². The third-order valence-electron chi connectivity index (χ3n) is 10.5. The van der Waals surface area contributed by atoms with Crippen molar-refractivity contribution in [3.63, 3.8) is 0 Å². The van der Waals surface area contributed by atoms with E-state index in [0.717, 1.165) is 49.5 Å². The van der Waals surface area contributed by atoms with Crippen LogP contribution in [0.1, 0.15) is 61.4 Å². The van der Waals surface area contributed by atoms with Crippen LogP contribution < -0.4 is 10.6 Å². The van der Waals surface area contributed by atoms with E-state index in [1.54, 1.807) is 0 Å². The van der Waals surface area contributed by atoms with Crippen molar-refractivity contribution < 1.29 is 38.1 Å². The number of nitrogens with one attached hydrogen (secondary N) is 2. The predicted molar refractivity (Wildman–Crippen MR) is 186 cm³/mol. The summed E-state index contributed by atoms with van der Waals surface area (Å²) >= 11 is 0. The van der Waals surface area contributed by atoms with Gasteiger partial charge in [0, 0.05) is 74.8 Å². The van der Waals surface area contributed by atoms with E-state index in [1.807, 2.05) is 18.2 Å². The van der Waals surface area contributed by atoms with Gasteiger partial charge in [-0.3, -0.25) is 29.5 Å². The molecule has 2 atom stereocenters. The Balaban J connectivity index is 0.784. The number of hydrogen-bond donors (Lipinski definition) is 2. The van der Waals surface area contributed by atoms with Crippen LogP contribution in [0.3, 0.4) is 0 Å². The molecule has 0 spiro atoms. The van der Waals surface area contributed by atoms with E-state index in [0.29, 0.717) is 84.4 Å². The average Bonchev–Trinajstić information content (AvgIpc) is 3.44. The van der Waals surface area contributed by atoms with Crippen LogP contribution in [0, 0.1) is 17.8 Å². The number of anilines is 1. The van der Waals surface area contributed by atoms with Crippen LogP contribution in [-0.4, -0.2) is 139 Å². The Hall–Kier alpha value is -2.45. The predicted octanol–water partition coefficient (Wildman–Crippen LogP) is 2.79. The Morgan fingerprint density at radius 1 is 0.735 bits per heavy atom. The number of fused-ring (bicyclic) bond motifs is 1. The summed E-state index contributed by atoms with van der Waals surface area (Å²) in [6.07, 6.45) is 6.74. The van der Waals surface area contributed by atoms with Crippen LogP contribution in [0.15, 0.2) is 18.2 Å². The smallest absolute Gasteiger partial charge is 0.230 e. The fourth-order valence-corrected chi connectivity index (χ4v) is 7.53. The molecular weight excluding hydrogens is 628 g/mol. The topological polar surface area (TPSA) is 128 Å². The van der Waals surface area contributed by atoms with Crippen LogP contribution in [0.5, 0.6) is 0 Å². The number of carbonyl (C=O) groups excluding carboxylic acids is 3. The van der Waals surface area contributed by atoms with E-state index in [4.69, 9.17) is 23.7 Å². The lowest BCUT2D eigenvalue weighted by molar-refractivity contribution is -0.137. The van der Waals surface area contributed by atoms with Crippen molar-refractivity contribution in [2.75, 3.05) is 111 Å². The van der Waals surface area contributed by atoms with E-state index >= 15 is 0 Å². The second-order valence-corrected chi connectivity index (χ2v) is 13.8. The van der Waals surface area contributed by atoms with Crippen LogP contribution in [0.4, 0.5) is 5.69 Å². The number of rotatable bonds is 21. The molecule has 2 unspecified atom stereocenters. The van der Waals surface area contributed by atoms with Gasteiger partial charge in [0.25, 0.3) is 0 Å². The molecule has 2 saturated heterocycles. The van der Waals surface area contributed by atoms with Crippen molar-refractivity contribution in [2.24, 2.45) is 17.8 Å². The Kier molecular flexibility index (Phi) is 15.7. The first-order valence-electron chi connectivity index (χ1n) is 18.6. The van der Waals surface area contributed by atoms with E-state index in [9.17, 15) is 14.4 Å². The molecule has 1 saturated carbocycles. The number of hydrogen-bond acceptors (Lipinski definition) is 11. The summed E-state index contributed by atoms with van der Waals surface area (Å²) in [5.74, 6) is -0.582. The Labute approximate surface area is 291 Å². The Bertz CT molecular complexity index is 1180. The zero-order valence-corrected chi connectivity index (χ0v) is 29.5. The summed E-state index contributed by atoms with van der Waals surface area (Å²) in [7, 11) is 0. The number of imide groups is 1. The standard InChI is InChI=1S/C37H58N4O8/c1-28-5-7-29(8-6-28)41-14-12-40(13-15-41)16-18-46-20-22-48-24-26-49-25-23-47-21-19-45-17-11-38-34-4-2-3-30-32(34)27-33(36(30)43)31-9-10-35(42)39-37(31)44/h2-4,28-29,31,33,38H,5-27H2,1H3,(H,39,42,44)/t28-,29-,31?,33?. The van der Waals surface area contributed by atoms with Gasteiger partial charge >= 0.3 is 0 Å². The molecular formula is C37H58N4O8. The summed E-state index contributed by atoms with van der Waals surface area (Å²) in [5.41, 5.74) is 2.48. The number of piperidine rings is 1. The Morgan fingerprint density at radius 2 is 1.35 bits per heavy atom. The quantitative estimate of drug-likeness (QED) is 0.146. The first-order valence-corrected chi connectivity index (χ1v) is 18.6. The van der Waals surface area contributed by atoms with Crippen LogP contribution in [0.2, 0.25) is 0 Å². The number of ketones is 1. The van der Waals surface area contributed by atoms with Gasteiger partial charge in [-0.2, -0.15) is 0 Å². The van der Waals surface area contributed by atoms with Gasteiger partial charge in [0.1, 0.15) is 0 Å². The van der Waals surface area contributed by atoms with Crippen LogP contribution in [-0.2, 0) is 39.7 Å². The lowest BCUT2D eigenvalue weighted by Gasteiger charge is -2.41. The molecule has 1 aromatic carbocycles. The molecule has 12 nitrogen and oxygen atoms in total. The summed E-state index contributed by atoms with van der Waals surface area (Å²) in [6.45, 7) is 14.1. The maximum atomic E-state index is 13.0. The maximum Gasteiger partial charge on any atom is 0.230 e. The van der Waals surface area contributed by atoms with Gasteiger partial charge in [-0.25, -0.2) is 0 Å². The molecule has 0 radical (unpaired) electrons. The van der Waals surface area contributed by atoms with Gasteiger partial charge in [0.2, 0.25) is 11.8 Å². The van der Waals surface area contributed by atoms with Crippen LogP contribution in [0.25, 0.3) is 0 Å². The van der Waals surface area contributed by atoms with Gasteiger partial charge in [0.15, 0.2) is 5.78 Å². The number of piperazine rings is 1.